The van der Waals surface area contributed by atoms with Gasteiger partial charge in [-0.05, 0) is 43.6 Å². The first-order valence-electron chi connectivity index (χ1n) is 8.87. The summed E-state index contributed by atoms with van der Waals surface area (Å²) in [6.07, 6.45) is 3.73. The van der Waals surface area contributed by atoms with Crippen molar-refractivity contribution in [3.05, 3.63) is 41.7 Å². The van der Waals surface area contributed by atoms with Crippen molar-refractivity contribution in [3.63, 3.8) is 0 Å². The molecule has 2 N–H and O–H groups in total. The third-order valence-corrected chi connectivity index (χ3v) is 4.33. The Morgan fingerprint density at radius 2 is 2.15 bits per heavy atom. The van der Waals surface area contributed by atoms with Gasteiger partial charge in [-0.15, -0.1) is 17.5 Å². The van der Waals surface area contributed by atoms with Crippen LogP contribution in [-0.2, 0) is 11.3 Å². The molecule has 9 heteroatoms. The molecule has 1 fully saturated rings. The van der Waals surface area contributed by atoms with Crippen molar-refractivity contribution in [3.8, 4) is 5.75 Å². The average Bonchev–Trinajstić information content (AvgIpc) is 3.18. The number of hydrogen-bond acceptors (Lipinski definition) is 6. The number of nitrogens with one attached hydrogen (secondary N) is 2. The van der Waals surface area contributed by atoms with Crippen LogP contribution in [0.2, 0.25) is 0 Å². The van der Waals surface area contributed by atoms with E-state index in [1.165, 1.54) is 0 Å². The van der Waals surface area contributed by atoms with Crippen molar-refractivity contribution in [1.29, 1.82) is 0 Å². The van der Waals surface area contributed by atoms with Crippen molar-refractivity contribution in [2.45, 2.75) is 25.4 Å². The minimum Gasteiger partial charge on any atom is -0.491 e. The summed E-state index contributed by atoms with van der Waals surface area (Å²) in [4.78, 5) is 12.3. The molecule has 0 aliphatic carbocycles. The third kappa shape index (κ3) is 6.20. The van der Waals surface area contributed by atoms with Gasteiger partial charge in [0.2, 0.25) is 0 Å². The molecule has 148 valence electrons. The van der Waals surface area contributed by atoms with Crippen LogP contribution in [0.15, 0.2) is 30.5 Å². The van der Waals surface area contributed by atoms with Crippen LogP contribution in [0.3, 0.4) is 0 Å². The Labute approximate surface area is 165 Å². The number of hydrogen-bond donors (Lipinski definition) is 2. The predicted octanol–water partition coefficient (Wildman–Crippen LogP) is 1.58. The second-order valence-electron chi connectivity index (χ2n) is 6.24. The molecule has 27 heavy (non-hydrogen) atoms. The lowest BCUT2D eigenvalue weighted by Gasteiger charge is -2.22. The molecular weight excluding hydrogens is 370 g/mol. The van der Waals surface area contributed by atoms with Crippen LogP contribution in [0.25, 0.3) is 0 Å². The van der Waals surface area contributed by atoms with E-state index in [0.717, 1.165) is 37.2 Å². The molecule has 0 unspecified atom stereocenters. The number of halogens is 1. The van der Waals surface area contributed by atoms with E-state index in [1.54, 1.807) is 18.0 Å². The fourth-order valence-electron chi connectivity index (χ4n) is 2.89. The monoisotopic (exact) mass is 395 g/mol. The number of aromatic nitrogens is 3. The van der Waals surface area contributed by atoms with Gasteiger partial charge in [0.25, 0.3) is 5.91 Å². The zero-order valence-corrected chi connectivity index (χ0v) is 16.2. The summed E-state index contributed by atoms with van der Waals surface area (Å²) in [6.45, 7) is 3.37. The van der Waals surface area contributed by atoms with Gasteiger partial charge < -0.3 is 20.1 Å². The van der Waals surface area contributed by atoms with E-state index in [1.807, 2.05) is 24.3 Å². The van der Waals surface area contributed by atoms with E-state index in [2.05, 4.69) is 20.9 Å². The molecule has 1 aromatic carbocycles. The maximum absolute atomic E-state index is 12.3. The largest absolute Gasteiger partial charge is 0.491 e. The first kappa shape index (κ1) is 21.1. The Balaban J connectivity index is 0.00000261. The highest BCUT2D eigenvalue weighted by Crippen LogP contribution is 2.17. The van der Waals surface area contributed by atoms with Crippen molar-refractivity contribution < 1.29 is 14.3 Å². The lowest BCUT2D eigenvalue weighted by atomic mass is 10.1. The molecule has 2 aromatic rings. The summed E-state index contributed by atoms with van der Waals surface area (Å²) in [5.74, 6) is 0.529. The molecule has 1 aromatic heterocycles. The lowest BCUT2D eigenvalue weighted by Crippen LogP contribution is -2.29. The van der Waals surface area contributed by atoms with Gasteiger partial charge in [0.15, 0.2) is 5.69 Å². The first-order chi connectivity index (χ1) is 12.8. The fraction of sp³-hybridized carbons (Fsp3) is 0.500. The zero-order chi connectivity index (χ0) is 18.2. The summed E-state index contributed by atoms with van der Waals surface area (Å²) in [5.41, 5.74) is 1.30. The number of piperidine rings is 1. The smallest absolute Gasteiger partial charge is 0.273 e. The number of carbonyl (C=O) groups excluding carboxylic acids is 1. The van der Waals surface area contributed by atoms with Crippen LogP contribution in [0.1, 0.15) is 34.9 Å². The molecule has 0 radical (unpaired) electrons. The van der Waals surface area contributed by atoms with Crippen molar-refractivity contribution in [2.24, 2.45) is 0 Å². The van der Waals surface area contributed by atoms with E-state index in [-0.39, 0.29) is 18.3 Å². The summed E-state index contributed by atoms with van der Waals surface area (Å²) < 4.78 is 12.4. The Kier molecular flexibility index (Phi) is 8.50. The number of methoxy groups -OCH3 is 1. The summed E-state index contributed by atoms with van der Waals surface area (Å²) in [6, 6.07) is 7.94. The van der Waals surface area contributed by atoms with E-state index < -0.39 is 0 Å². The highest BCUT2D eigenvalue weighted by molar-refractivity contribution is 5.91. The standard InChI is InChI=1S/C18H25N5O3.ClH/c1-25-9-10-26-16-4-2-3-14(11-16)12-20-18(24)17-13-23(22-21-17)15-5-7-19-8-6-15;/h2-4,11,13,15,19H,5-10,12H2,1H3,(H,20,24);1H. The lowest BCUT2D eigenvalue weighted by molar-refractivity contribution is 0.0945. The molecule has 3 rings (SSSR count). The summed E-state index contributed by atoms with van der Waals surface area (Å²) in [5, 5.41) is 14.3. The van der Waals surface area contributed by atoms with Crippen molar-refractivity contribution in [2.75, 3.05) is 33.4 Å². The molecule has 1 amide bonds. The normalized spacial score (nSPS) is 14.4. The average molecular weight is 396 g/mol. The molecule has 0 bridgehead atoms. The highest BCUT2D eigenvalue weighted by atomic mass is 35.5. The highest BCUT2D eigenvalue weighted by Gasteiger charge is 2.18. The molecular formula is C18H26ClN5O3. The molecule has 1 aliphatic rings. The minimum atomic E-state index is -0.226. The maximum Gasteiger partial charge on any atom is 0.273 e. The zero-order valence-electron chi connectivity index (χ0n) is 15.4. The Bertz CT molecular complexity index is 719. The molecule has 0 saturated carbocycles. The van der Waals surface area contributed by atoms with Gasteiger partial charge in [0.05, 0.1) is 18.8 Å². The molecule has 1 aliphatic heterocycles. The number of carbonyl (C=O) groups is 1. The summed E-state index contributed by atoms with van der Waals surface area (Å²) in [7, 11) is 1.64. The molecule has 2 heterocycles. The molecule has 0 spiro atoms. The number of nitrogens with zero attached hydrogens (tertiary/aromatic N) is 3. The van der Waals surface area contributed by atoms with E-state index >= 15 is 0 Å². The molecule has 1 saturated heterocycles. The van der Waals surface area contributed by atoms with Crippen LogP contribution in [0, 0.1) is 0 Å². The van der Waals surface area contributed by atoms with Crippen LogP contribution < -0.4 is 15.4 Å². The second kappa shape index (κ2) is 10.9. The number of rotatable bonds is 8. The van der Waals surface area contributed by atoms with Gasteiger partial charge in [0, 0.05) is 13.7 Å². The van der Waals surface area contributed by atoms with Crippen molar-refractivity contribution in [1.82, 2.24) is 25.6 Å². The van der Waals surface area contributed by atoms with E-state index in [4.69, 9.17) is 9.47 Å². The number of ether oxygens (including phenoxy) is 2. The third-order valence-electron chi connectivity index (χ3n) is 4.33. The minimum absolute atomic E-state index is 0. The van der Waals surface area contributed by atoms with Crippen molar-refractivity contribution >= 4 is 18.3 Å². The Morgan fingerprint density at radius 3 is 2.93 bits per heavy atom. The Morgan fingerprint density at radius 1 is 1.33 bits per heavy atom. The van der Waals surface area contributed by atoms with Gasteiger partial charge >= 0.3 is 0 Å². The van der Waals surface area contributed by atoms with E-state index in [9.17, 15) is 4.79 Å². The van der Waals surface area contributed by atoms with Crippen LogP contribution in [-0.4, -0.2) is 54.3 Å². The first-order valence-corrected chi connectivity index (χ1v) is 8.87. The SMILES string of the molecule is COCCOc1cccc(CNC(=O)c2cn(C3CCNCC3)nn2)c1.Cl. The van der Waals surface area contributed by atoms with Gasteiger partial charge in [-0.2, -0.15) is 0 Å². The fourth-order valence-corrected chi connectivity index (χ4v) is 2.89. The second-order valence-corrected chi connectivity index (χ2v) is 6.24. The molecule has 8 nitrogen and oxygen atoms in total. The maximum atomic E-state index is 12.3. The van der Waals surface area contributed by atoms with Crippen LogP contribution in [0.5, 0.6) is 5.75 Å². The van der Waals surface area contributed by atoms with Gasteiger partial charge in [-0.1, -0.05) is 17.3 Å². The van der Waals surface area contributed by atoms with Crippen LogP contribution in [0.4, 0.5) is 0 Å². The number of benzene rings is 1. The Hall–Kier alpha value is -2.16. The molecule has 0 atom stereocenters. The van der Waals surface area contributed by atoms with Gasteiger partial charge in [-0.3, -0.25) is 4.79 Å². The van der Waals surface area contributed by atoms with E-state index in [0.29, 0.717) is 31.5 Å². The number of amides is 1. The summed E-state index contributed by atoms with van der Waals surface area (Å²) >= 11 is 0. The predicted molar refractivity (Wildman–Crippen MR) is 103 cm³/mol. The van der Waals surface area contributed by atoms with Crippen LogP contribution >= 0.6 is 12.4 Å². The topological polar surface area (TPSA) is 90.3 Å². The van der Waals surface area contributed by atoms with Gasteiger partial charge in [-0.25, -0.2) is 4.68 Å². The van der Waals surface area contributed by atoms with Gasteiger partial charge in [0.1, 0.15) is 12.4 Å². The quantitative estimate of drug-likeness (QED) is 0.659.